The number of ether oxygens (including phenoxy) is 2. The molecule has 2 fully saturated rings. The number of carbonyl (C=O) groups excluding carboxylic acids is 2. The Morgan fingerprint density at radius 3 is 2.68 bits per heavy atom. The third-order valence-corrected chi connectivity index (χ3v) is 8.54. The average molecular weight is 641 g/mol. The lowest BCUT2D eigenvalue weighted by Crippen LogP contribution is -2.33. The molecule has 0 aliphatic carbocycles. The van der Waals surface area contributed by atoms with Gasteiger partial charge in [0.25, 0.3) is 11.8 Å². The molecule has 0 saturated carbocycles. The summed E-state index contributed by atoms with van der Waals surface area (Å²) in [6.45, 7) is 1.87. The van der Waals surface area contributed by atoms with E-state index in [2.05, 4.69) is 36.6 Å². The zero-order chi connectivity index (χ0) is 26.6. The standard InChI is InChI=1S/C25H24BrCl2N5O4S/c26-18-9-15(27)8-17(24(34)30-11-14-3-6-36-7-4-14)22(18)31-25(35)20-10-21(37-16-12-38-13-16)32-33(20)23-19(28)2-1-5-29-23/h1-2,5,8-10,14,16H,3-4,6-7,11-13H2,(H,30,34)(H,31,35). The van der Waals surface area contributed by atoms with E-state index in [1.807, 2.05) is 0 Å². The van der Waals surface area contributed by atoms with Crippen LogP contribution >= 0.6 is 50.9 Å². The number of carbonyl (C=O) groups is 2. The minimum Gasteiger partial charge on any atom is -0.472 e. The molecule has 2 aromatic heterocycles. The first-order valence-corrected chi connectivity index (χ1v) is 14.7. The van der Waals surface area contributed by atoms with Gasteiger partial charge in [-0.25, -0.2) is 9.67 Å². The molecule has 2 amide bonds. The highest BCUT2D eigenvalue weighted by Gasteiger charge is 2.27. The van der Waals surface area contributed by atoms with Gasteiger partial charge in [-0.05, 0) is 59.0 Å². The minimum atomic E-state index is -0.529. The van der Waals surface area contributed by atoms with Gasteiger partial charge in [0.2, 0.25) is 5.88 Å². The Balaban J connectivity index is 1.42. The number of aromatic nitrogens is 3. The molecule has 0 unspecified atom stereocenters. The number of benzene rings is 1. The highest BCUT2D eigenvalue weighted by atomic mass is 79.9. The smallest absolute Gasteiger partial charge is 0.274 e. The average Bonchev–Trinajstić information content (AvgIpc) is 3.31. The highest BCUT2D eigenvalue weighted by molar-refractivity contribution is 9.10. The Morgan fingerprint density at radius 2 is 1.97 bits per heavy atom. The molecule has 38 heavy (non-hydrogen) atoms. The van der Waals surface area contributed by atoms with Crippen molar-refractivity contribution >= 4 is 68.4 Å². The van der Waals surface area contributed by atoms with Gasteiger partial charge in [0.15, 0.2) is 5.82 Å². The Morgan fingerprint density at radius 1 is 1.18 bits per heavy atom. The van der Waals surface area contributed by atoms with Crippen LogP contribution in [-0.2, 0) is 4.74 Å². The molecule has 200 valence electrons. The first kappa shape index (κ1) is 27.3. The topological polar surface area (TPSA) is 107 Å². The Kier molecular flexibility index (Phi) is 8.79. The second kappa shape index (κ2) is 12.3. The molecule has 2 N–H and O–H groups in total. The normalized spacial score (nSPS) is 16.1. The number of anilines is 1. The Bertz CT molecular complexity index is 1350. The van der Waals surface area contributed by atoms with E-state index in [9.17, 15) is 9.59 Å². The quantitative estimate of drug-likeness (QED) is 0.347. The maximum atomic E-state index is 13.6. The SMILES string of the molecule is O=C(NCC1CCOCC1)c1cc(Cl)cc(Br)c1NC(=O)c1cc(OC2CSC2)nn1-c1ncccc1Cl. The van der Waals surface area contributed by atoms with Crippen molar-refractivity contribution in [2.45, 2.75) is 18.9 Å². The fourth-order valence-corrected chi connectivity index (χ4v) is 5.74. The number of hydrogen-bond acceptors (Lipinski definition) is 7. The predicted molar refractivity (Wildman–Crippen MR) is 151 cm³/mol. The first-order chi connectivity index (χ1) is 18.4. The summed E-state index contributed by atoms with van der Waals surface area (Å²) in [5.74, 6) is 1.72. The zero-order valence-electron chi connectivity index (χ0n) is 20.1. The van der Waals surface area contributed by atoms with E-state index in [1.54, 1.807) is 36.2 Å². The summed E-state index contributed by atoms with van der Waals surface area (Å²) in [6, 6.07) is 8.03. The van der Waals surface area contributed by atoms with Crippen molar-refractivity contribution < 1.29 is 19.1 Å². The number of rotatable bonds is 8. The number of nitrogens with zero attached hydrogens (tertiary/aromatic N) is 3. The van der Waals surface area contributed by atoms with Gasteiger partial charge in [0.1, 0.15) is 11.8 Å². The molecule has 0 atom stereocenters. The van der Waals surface area contributed by atoms with Crippen LogP contribution in [0.5, 0.6) is 5.88 Å². The van der Waals surface area contributed by atoms with Gasteiger partial charge in [0.05, 0.1) is 16.3 Å². The van der Waals surface area contributed by atoms with Crippen LogP contribution in [0.4, 0.5) is 5.69 Å². The van der Waals surface area contributed by atoms with Gasteiger partial charge in [0, 0.05) is 53.0 Å². The third kappa shape index (κ3) is 6.28. The second-order valence-electron chi connectivity index (χ2n) is 8.90. The molecule has 0 spiro atoms. The van der Waals surface area contributed by atoms with E-state index in [-0.39, 0.29) is 40.7 Å². The number of amides is 2. The number of pyridine rings is 1. The van der Waals surface area contributed by atoms with Crippen molar-refractivity contribution in [1.82, 2.24) is 20.1 Å². The number of halogens is 3. The van der Waals surface area contributed by atoms with Crippen LogP contribution in [-0.4, -0.2) is 63.9 Å². The number of thioether (sulfide) groups is 1. The predicted octanol–water partition coefficient (Wildman–Crippen LogP) is 5.24. The van der Waals surface area contributed by atoms with E-state index >= 15 is 0 Å². The lowest BCUT2D eigenvalue weighted by Gasteiger charge is -2.24. The summed E-state index contributed by atoms with van der Waals surface area (Å²) in [5, 5.41) is 10.9. The van der Waals surface area contributed by atoms with E-state index in [0.717, 1.165) is 24.3 Å². The van der Waals surface area contributed by atoms with Gasteiger partial charge in [-0.15, -0.1) is 5.10 Å². The van der Waals surface area contributed by atoms with Crippen molar-refractivity contribution in [2.75, 3.05) is 36.6 Å². The molecular formula is C25H24BrCl2N5O4S. The fraction of sp³-hybridized carbons (Fsp3) is 0.360. The van der Waals surface area contributed by atoms with Crippen LogP contribution in [0.25, 0.3) is 5.82 Å². The zero-order valence-corrected chi connectivity index (χ0v) is 24.0. The Labute approximate surface area is 242 Å². The maximum Gasteiger partial charge on any atom is 0.274 e. The molecule has 0 bridgehead atoms. The minimum absolute atomic E-state index is 0.0231. The van der Waals surface area contributed by atoms with E-state index in [1.165, 1.54) is 16.8 Å². The van der Waals surface area contributed by atoms with Crippen molar-refractivity contribution in [2.24, 2.45) is 5.92 Å². The van der Waals surface area contributed by atoms with Crippen molar-refractivity contribution in [3.8, 4) is 11.7 Å². The molecule has 4 heterocycles. The van der Waals surface area contributed by atoms with Crippen LogP contribution in [0, 0.1) is 5.92 Å². The number of hydrogen-bond donors (Lipinski definition) is 2. The highest BCUT2D eigenvalue weighted by Crippen LogP contribution is 2.32. The van der Waals surface area contributed by atoms with Crippen LogP contribution < -0.4 is 15.4 Å². The molecule has 2 aliphatic rings. The molecule has 3 aromatic rings. The molecule has 13 heteroatoms. The number of nitrogens with one attached hydrogen (secondary N) is 2. The second-order valence-corrected chi connectivity index (χ2v) is 11.7. The molecule has 0 radical (unpaired) electrons. The van der Waals surface area contributed by atoms with Gasteiger partial charge in [-0.2, -0.15) is 11.8 Å². The van der Waals surface area contributed by atoms with Gasteiger partial charge in [-0.1, -0.05) is 23.2 Å². The van der Waals surface area contributed by atoms with Crippen LogP contribution in [0.3, 0.4) is 0 Å². The third-order valence-electron chi connectivity index (χ3n) is 6.18. The molecule has 9 nitrogen and oxygen atoms in total. The Hall–Kier alpha value is -2.31. The maximum absolute atomic E-state index is 13.6. The van der Waals surface area contributed by atoms with Gasteiger partial charge in [-0.3, -0.25) is 9.59 Å². The molecule has 1 aromatic carbocycles. The van der Waals surface area contributed by atoms with Crippen LogP contribution in [0.15, 0.2) is 41.0 Å². The van der Waals surface area contributed by atoms with E-state index < -0.39 is 5.91 Å². The fourth-order valence-electron chi connectivity index (χ4n) is 4.07. The van der Waals surface area contributed by atoms with Crippen LogP contribution in [0.1, 0.15) is 33.7 Å². The van der Waals surface area contributed by atoms with Crippen molar-refractivity contribution in [3.05, 3.63) is 62.3 Å². The molecule has 2 saturated heterocycles. The molecular weight excluding hydrogens is 617 g/mol. The van der Waals surface area contributed by atoms with Gasteiger partial charge >= 0.3 is 0 Å². The lowest BCUT2D eigenvalue weighted by molar-refractivity contribution is 0.0643. The van der Waals surface area contributed by atoms with E-state index in [4.69, 9.17) is 32.7 Å². The van der Waals surface area contributed by atoms with Crippen molar-refractivity contribution in [3.63, 3.8) is 0 Å². The summed E-state index contributed by atoms with van der Waals surface area (Å²) in [6.07, 6.45) is 3.35. The summed E-state index contributed by atoms with van der Waals surface area (Å²) in [5.41, 5.74) is 0.652. The van der Waals surface area contributed by atoms with Crippen molar-refractivity contribution in [1.29, 1.82) is 0 Å². The van der Waals surface area contributed by atoms with Crippen LogP contribution in [0.2, 0.25) is 10.0 Å². The summed E-state index contributed by atoms with van der Waals surface area (Å²) < 4.78 is 13.1. The largest absolute Gasteiger partial charge is 0.472 e. The summed E-state index contributed by atoms with van der Waals surface area (Å²) in [4.78, 5) is 31.1. The monoisotopic (exact) mass is 639 g/mol. The molecule has 2 aliphatic heterocycles. The van der Waals surface area contributed by atoms with E-state index in [0.29, 0.717) is 40.2 Å². The summed E-state index contributed by atoms with van der Waals surface area (Å²) >= 11 is 17.9. The van der Waals surface area contributed by atoms with Gasteiger partial charge < -0.3 is 20.1 Å². The molecule has 5 rings (SSSR count). The first-order valence-electron chi connectivity index (χ1n) is 12.0. The lowest BCUT2D eigenvalue weighted by atomic mass is 10.0. The summed E-state index contributed by atoms with van der Waals surface area (Å²) in [7, 11) is 0.